The molecular formula is C17H14N2O3. The Balaban J connectivity index is 1.70. The van der Waals surface area contributed by atoms with E-state index in [1.807, 2.05) is 42.5 Å². The van der Waals surface area contributed by atoms with Crippen molar-refractivity contribution in [3.8, 4) is 5.75 Å². The Hall–Kier alpha value is -3.08. The van der Waals surface area contributed by atoms with Gasteiger partial charge in [-0.1, -0.05) is 24.3 Å². The number of imidazole rings is 1. The van der Waals surface area contributed by atoms with Gasteiger partial charge in [0.25, 0.3) is 0 Å². The number of hydrogen-bond donors (Lipinski definition) is 2. The summed E-state index contributed by atoms with van der Waals surface area (Å²) >= 11 is 0. The van der Waals surface area contributed by atoms with Crippen molar-refractivity contribution in [1.29, 1.82) is 0 Å². The maximum absolute atomic E-state index is 10.5. The van der Waals surface area contributed by atoms with Gasteiger partial charge in [0, 0.05) is 6.08 Å². The summed E-state index contributed by atoms with van der Waals surface area (Å²) in [5.41, 5.74) is 2.64. The molecule has 0 aliphatic rings. The molecule has 22 heavy (non-hydrogen) atoms. The molecule has 0 aliphatic heterocycles. The van der Waals surface area contributed by atoms with Crippen molar-refractivity contribution in [1.82, 2.24) is 9.97 Å². The van der Waals surface area contributed by atoms with E-state index >= 15 is 0 Å². The summed E-state index contributed by atoms with van der Waals surface area (Å²) in [7, 11) is 0. The molecule has 1 heterocycles. The Kier molecular flexibility index (Phi) is 3.87. The van der Waals surface area contributed by atoms with E-state index in [1.54, 1.807) is 6.07 Å². The highest BCUT2D eigenvalue weighted by Crippen LogP contribution is 2.17. The summed E-state index contributed by atoms with van der Waals surface area (Å²) in [5.74, 6) is 0.425. The highest BCUT2D eigenvalue weighted by molar-refractivity contribution is 5.85. The lowest BCUT2D eigenvalue weighted by molar-refractivity contribution is -0.131. The standard InChI is InChI=1S/C17H14N2O3/c20-17(21)9-8-12-4-3-5-13(10-12)22-11-16-18-14-6-1-2-7-15(14)19-16/h1-10H,11H2,(H,18,19)(H,20,21). The second-order valence-electron chi connectivity index (χ2n) is 4.73. The van der Waals surface area contributed by atoms with Gasteiger partial charge in [0.05, 0.1) is 11.0 Å². The molecule has 0 aliphatic carbocycles. The largest absolute Gasteiger partial charge is 0.486 e. The number of nitrogens with zero attached hydrogens (tertiary/aromatic N) is 1. The summed E-state index contributed by atoms with van der Waals surface area (Å²) in [4.78, 5) is 18.2. The predicted octanol–water partition coefficient (Wildman–Crippen LogP) is 3.24. The molecule has 0 atom stereocenters. The highest BCUT2D eigenvalue weighted by Gasteiger charge is 2.03. The lowest BCUT2D eigenvalue weighted by Gasteiger charge is -2.04. The molecule has 2 N–H and O–H groups in total. The normalized spacial score (nSPS) is 11.1. The highest BCUT2D eigenvalue weighted by atomic mass is 16.5. The maximum Gasteiger partial charge on any atom is 0.328 e. The average Bonchev–Trinajstić information content (AvgIpc) is 2.94. The van der Waals surface area contributed by atoms with Crippen LogP contribution in [0.25, 0.3) is 17.1 Å². The molecule has 3 rings (SSSR count). The van der Waals surface area contributed by atoms with Gasteiger partial charge < -0.3 is 14.8 Å². The zero-order chi connectivity index (χ0) is 15.4. The summed E-state index contributed by atoms with van der Waals surface area (Å²) in [6.07, 6.45) is 2.62. The van der Waals surface area contributed by atoms with Crippen molar-refractivity contribution in [3.05, 3.63) is 66.0 Å². The maximum atomic E-state index is 10.5. The van der Waals surface area contributed by atoms with Gasteiger partial charge in [0.15, 0.2) is 0 Å². The molecule has 3 aromatic rings. The minimum absolute atomic E-state index is 0.320. The lowest BCUT2D eigenvalue weighted by Crippen LogP contribution is -1.97. The van der Waals surface area contributed by atoms with Crippen molar-refractivity contribution in [2.75, 3.05) is 0 Å². The van der Waals surface area contributed by atoms with Gasteiger partial charge in [-0.3, -0.25) is 0 Å². The molecule has 2 aromatic carbocycles. The van der Waals surface area contributed by atoms with E-state index < -0.39 is 5.97 Å². The van der Waals surface area contributed by atoms with Crippen molar-refractivity contribution >= 4 is 23.1 Å². The molecule has 1 aromatic heterocycles. The van der Waals surface area contributed by atoms with Crippen molar-refractivity contribution in [2.24, 2.45) is 0 Å². The predicted molar refractivity (Wildman–Crippen MR) is 83.5 cm³/mol. The zero-order valence-corrected chi connectivity index (χ0v) is 11.7. The van der Waals surface area contributed by atoms with Gasteiger partial charge in [-0.2, -0.15) is 0 Å². The summed E-state index contributed by atoms with van der Waals surface area (Å²) in [5, 5.41) is 8.63. The molecule has 0 radical (unpaired) electrons. The first-order valence-electron chi connectivity index (χ1n) is 6.78. The summed E-state index contributed by atoms with van der Waals surface area (Å²) in [6.45, 7) is 0.320. The Morgan fingerprint density at radius 1 is 1.23 bits per heavy atom. The van der Waals surface area contributed by atoms with E-state index in [0.717, 1.165) is 28.5 Å². The first-order valence-corrected chi connectivity index (χ1v) is 6.78. The number of ether oxygens (including phenoxy) is 1. The van der Waals surface area contributed by atoms with Crippen molar-refractivity contribution in [2.45, 2.75) is 6.61 Å². The van der Waals surface area contributed by atoms with Crippen LogP contribution in [0, 0.1) is 0 Å². The lowest BCUT2D eigenvalue weighted by atomic mass is 10.2. The molecule has 0 amide bonds. The van der Waals surface area contributed by atoms with Crippen LogP contribution in [0.4, 0.5) is 0 Å². The van der Waals surface area contributed by atoms with Crippen molar-refractivity contribution < 1.29 is 14.6 Å². The molecule has 0 unspecified atom stereocenters. The number of para-hydroxylation sites is 2. The van der Waals surface area contributed by atoms with Crippen LogP contribution in [0.1, 0.15) is 11.4 Å². The van der Waals surface area contributed by atoms with Crippen LogP contribution in [0.5, 0.6) is 5.75 Å². The van der Waals surface area contributed by atoms with E-state index in [9.17, 15) is 4.79 Å². The van der Waals surface area contributed by atoms with Crippen LogP contribution in [0.3, 0.4) is 0 Å². The number of nitrogens with one attached hydrogen (secondary N) is 1. The monoisotopic (exact) mass is 294 g/mol. The second kappa shape index (κ2) is 6.13. The number of fused-ring (bicyclic) bond motifs is 1. The third kappa shape index (κ3) is 3.32. The minimum Gasteiger partial charge on any atom is -0.486 e. The van der Waals surface area contributed by atoms with Gasteiger partial charge in [-0.15, -0.1) is 0 Å². The number of carboxylic acids is 1. The van der Waals surface area contributed by atoms with Gasteiger partial charge >= 0.3 is 5.97 Å². The fourth-order valence-corrected chi connectivity index (χ4v) is 2.10. The number of aliphatic carboxylic acids is 1. The number of H-pyrrole nitrogens is 1. The Morgan fingerprint density at radius 3 is 2.91 bits per heavy atom. The van der Waals surface area contributed by atoms with Crippen LogP contribution in [-0.4, -0.2) is 21.0 Å². The number of hydrogen-bond acceptors (Lipinski definition) is 3. The van der Waals surface area contributed by atoms with Gasteiger partial charge in [-0.05, 0) is 35.9 Å². The van der Waals surface area contributed by atoms with Gasteiger partial charge in [0.1, 0.15) is 18.2 Å². The average molecular weight is 294 g/mol. The van der Waals surface area contributed by atoms with Crippen molar-refractivity contribution in [3.63, 3.8) is 0 Å². The van der Waals surface area contributed by atoms with Crippen LogP contribution >= 0.6 is 0 Å². The molecule has 110 valence electrons. The smallest absolute Gasteiger partial charge is 0.328 e. The van der Waals surface area contributed by atoms with Crippen LogP contribution < -0.4 is 4.74 Å². The van der Waals surface area contributed by atoms with Crippen LogP contribution in [0.15, 0.2) is 54.6 Å². The molecule has 0 spiro atoms. The number of rotatable bonds is 5. The Bertz CT molecular complexity index is 804. The molecule has 0 saturated carbocycles. The van der Waals surface area contributed by atoms with Gasteiger partial charge in [0.2, 0.25) is 0 Å². The molecular weight excluding hydrogens is 280 g/mol. The van der Waals surface area contributed by atoms with Crippen LogP contribution in [0.2, 0.25) is 0 Å². The quantitative estimate of drug-likeness (QED) is 0.708. The third-order valence-electron chi connectivity index (χ3n) is 3.09. The van der Waals surface area contributed by atoms with Crippen LogP contribution in [-0.2, 0) is 11.4 Å². The molecule has 5 nitrogen and oxygen atoms in total. The SMILES string of the molecule is O=C(O)C=Cc1cccc(OCc2nc3ccccc3[nH]2)c1. The molecule has 0 fully saturated rings. The van der Waals surface area contributed by atoms with E-state index in [2.05, 4.69) is 9.97 Å². The summed E-state index contributed by atoms with van der Waals surface area (Å²) < 4.78 is 5.69. The van der Waals surface area contributed by atoms with E-state index in [1.165, 1.54) is 6.08 Å². The number of carbonyl (C=O) groups is 1. The Labute approximate surface area is 126 Å². The van der Waals surface area contributed by atoms with E-state index in [4.69, 9.17) is 9.84 Å². The number of carboxylic acid groups (broad SMARTS) is 1. The Morgan fingerprint density at radius 2 is 2.09 bits per heavy atom. The first kappa shape index (κ1) is 13.9. The number of aromatic nitrogens is 2. The van der Waals surface area contributed by atoms with Gasteiger partial charge in [-0.25, -0.2) is 9.78 Å². The van der Waals surface area contributed by atoms with E-state index in [-0.39, 0.29) is 0 Å². The summed E-state index contributed by atoms with van der Waals surface area (Å²) in [6, 6.07) is 15.0. The number of aromatic amines is 1. The molecule has 5 heteroatoms. The molecule has 0 saturated heterocycles. The fourth-order valence-electron chi connectivity index (χ4n) is 2.10. The van der Waals surface area contributed by atoms with E-state index in [0.29, 0.717) is 12.4 Å². The first-order chi connectivity index (χ1) is 10.7. The topological polar surface area (TPSA) is 75.2 Å². The second-order valence-corrected chi connectivity index (χ2v) is 4.73. The third-order valence-corrected chi connectivity index (χ3v) is 3.09. The fraction of sp³-hybridized carbons (Fsp3) is 0.0588. The molecule has 0 bridgehead atoms. The number of benzene rings is 2. The zero-order valence-electron chi connectivity index (χ0n) is 11.7. The minimum atomic E-state index is -0.978.